The molecule has 1 nitrogen and oxygen atoms in total. The molecule has 0 aromatic rings. The molecule has 1 atom stereocenters. The molecule has 0 fully saturated rings. The standard InChI is InChI=1S/C9H20N/c1-4-6-7-9(5-2)8-10-3/h9-10H,3-8H2,1-2H3. The molecule has 61 valence electrons. The summed E-state index contributed by atoms with van der Waals surface area (Å²) in [4.78, 5) is 0. The van der Waals surface area contributed by atoms with Crippen LogP contribution in [0.15, 0.2) is 0 Å². The second-order valence-corrected chi connectivity index (χ2v) is 2.87. The van der Waals surface area contributed by atoms with E-state index in [-0.39, 0.29) is 0 Å². The fourth-order valence-electron chi connectivity index (χ4n) is 1.15. The van der Waals surface area contributed by atoms with Crippen LogP contribution < -0.4 is 5.32 Å². The molecule has 0 aliphatic rings. The number of hydrogen-bond donors (Lipinski definition) is 1. The average molecular weight is 142 g/mol. The maximum absolute atomic E-state index is 3.63. The minimum atomic E-state index is 0.845. The first kappa shape index (κ1) is 9.96. The molecule has 1 heteroatoms. The predicted octanol–water partition coefficient (Wildman–Crippen LogP) is 2.58. The summed E-state index contributed by atoms with van der Waals surface area (Å²) < 4.78 is 0. The number of hydrogen-bond acceptors (Lipinski definition) is 1. The van der Waals surface area contributed by atoms with E-state index >= 15 is 0 Å². The van der Waals surface area contributed by atoms with Gasteiger partial charge in [-0.3, -0.25) is 0 Å². The quantitative estimate of drug-likeness (QED) is 0.601. The summed E-state index contributed by atoms with van der Waals surface area (Å²) in [6.45, 7) is 5.57. The van der Waals surface area contributed by atoms with Gasteiger partial charge in [0.25, 0.3) is 0 Å². The van der Waals surface area contributed by atoms with E-state index in [1.807, 2.05) is 0 Å². The number of nitrogens with one attached hydrogen (secondary N) is 1. The van der Waals surface area contributed by atoms with Crippen LogP contribution in [0.2, 0.25) is 0 Å². The minimum absolute atomic E-state index is 0.845. The molecule has 0 amide bonds. The number of unbranched alkanes of at least 4 members (excludes halogenated alkanes) is 1. The molecule has 1 unspecified atom stereocenters. The van der Waals surface area contributed by atoms with Crippen LogP contribution in [-0.4, -0.2) is 6.54 Å². The highest BCUT2D eigenvalue weighted by Gasteiger charge is 2.02. The van der Waals surface area contributed by atoms with Gasteiger partial charge in [0.2, 0.25) is 0 Å². The molecule has 0 saturated carbocycles. The van der Waals surface area contributed by atoms with Crippen molar-refractivity contribution in [2.24, 2.45) is 5.92 Å². The minimum Gasteiger partial charge on any atom is -0.315 e. The Morgan fingerprint density at radius 1 is 1.40 bits per heavy atom. The molecule has 0 aliphatic carbocycles. The van der Waals surface area contributed by atoms with Gasteiger partial charge in [-0.2, -0.15) is 0 Å². The summed E-state index contributed by atoms with van der Waals surface area (Å²) in [5, 5.41) is 2.98. The molecular weight excluding hydrogens is 122 g/mol. The predicted molar refractivity (Wildman–Crippen MR) is 46.7 cm³/mol. The summed E-state index contributed by atoms with van der Waals surface area (Å²) in [5.74, 6) is 0.845. The van der Waals surface area contributed by atoms with Crippen LogP contribution in [0.1, 0.15) is 39.5 Å². The maximum atomic E-state index is 3.63. The van der Waals surface area contributed by atoms with E-state index in [1.165, 1.54) is 25.7 Å². The van der Waals surface area contributed by atoms with Crippen LogP contribution in [0.5, 0.6) is 0 Å². The Balaban J connectivity index is 3.21. The van der Waals surface area contributed by atoms with Gasteiger partial charge in [-0.15, -0.1) is 0 Å². The van der Waals surface area contributed by atoms with Gasteiger partial charge in [-0.25, -0.2) is 0 Å². The zero-order valence-electron chi connectivity index (χ0n) is 7.32. The van der Waals surface area contributed by atoms with Gasteiger partial charge >= 0.3 is 0 Å². The van der Waals surface area contributed by atoms with Gasteiger partial charge in [0.1, 0.15) is 0 Å². The highest BCUT2D eigenvalue weighted by Crippen LogP contribution is 2.10. The van der Waals surface area contributed by atoms with Crippen LogP contribution in [0.4, 0.5) is 0 Å². The third kappa shape index (κ3) is 4.80. The van der Waals surface area contributed by atoms with Crippen molar-refractivity contribution in [3.8, 4) is 0 Å². The molecule has 0 aromatic heterocycles. The zero-order chi connectivity index (χ0) is 7.82. The molecule has 0 aliphatic heterocycles. The van der Waals surface area contributed by atoms with Gasteiger partial charge in [0.15, 0.2) is 0 Å². The van der Waals surface area contributed by atoms with Crippen LogP contribution >= 0.6 is 0 Å². The van der Waals surface area contributed by atoms with Crippen LogP contribution in [-0.2, 0) is 0 Å². The molecule has 0 heterocycles. The lowest BCUT2D eigenvalue weighted by molar-refractivity contribution is 0.440. The van der Waals surface area contributed by atoms with Gasteiger partial charge in [-0.05, 0) is 18.9 Å². The van der Waals surface area contributed by atoms with Gasteiger partial charge in [-0.1, -0.05) is 33.1 Å². The van der Waals surface area contributed by atoms with E-state index < -0.39 is 0 Å². The zero-order valence-corrected chi connectivity index (χ0v) is 7.32. The third-order valence-corrected chi connectivity index (χ3v) is 1.98. The molecule has 1 N–H and O–H groups in total. The Hall–Kier alpha value is -0.0400. The van der Waals surface area contributed by atoms with E-state index in [0.717, 1.165) is 12.5 Å². The van der Waals surface area contributed by atoms with Crippen molar-refractivity contribution >= 4 is 0 Å². The molecule has 0 spiro atoms. The smallest absolute Gasteiger partial charge is 0.00768 e. The summed E-state index contributed by atoms with van der Waals surface area (Å²) in [7, 11) is 3.63. The van der Waals surface area contributed by atoms with Crippen molar-refractivity contribution in [1.82, 2.24) is 5.32 Å². The third-order valence-electron chi connectivity index (χ3n) is 1.98. The Kier molecular flexibility index (Phi) is 7.04. The molecule has 1 radical (unpaired) electrons. The summed E-state index contributed by atoms with van der Waals surface area (Å²) in [5.41, 5.74) is 0. The topological polar surface area (TPSA) is 12.0 Å². The Morgan fingerprint density at radius 2 is 2.10 bits per heavy atom. The van der Waals surface area contributed by atoms with E-state index in [9.17, 15) is 0 Å². The normalized spacial score (nSPS) is 13.5. The molecule has 0 bridgehead atoms. The largest absolute Gasteiger partial charge is 0.315 e. The highest BCUT2D eigenvalue weighted by atomic mass is 14.8. The van der Waals surface area contributed by atoms with Gasteiger partial charge in [0.05, 0.1) is 0 Å². The molecule has 0 rings (SSSR count). The molecule has 0 aromatic carbocycles. The molecular formula is C9H20N. The Morgan fingerprint density at radius 3 is 2.50 bits per heavy atom. The van der Waals surface area contributed by atoms with Crippen LogP contribution in [0.25, 0.3) is 0 Å². The van der Waals surface area contributed by atoms with E-state index in [4.69, 9.17) is 0 Å². The summed E-state index contributed by atoms with van der Waals surface area (Å²) in [6.07, 6.45) is 5.31. The second kappa shape index (κ2) is 7.07. The Labute approximate surface area is 65.2 Å². The monoisotopic (exact) mass is 142 g/mol. The lowest BCUT2D eigenvalue weighted by atomic mass is 10.00. The first-order valence-electron chi connectivity index (χ1n) is 4.35. The van der Waals surface area contributed by atoms with Crippen LogP contribution in [0.3, 0.4) is 0 Å². The highest BCUT2D eigenvalue weighted by molar-refractivity contribution is 4.59. The maximum Gasteiger partial charge on any atom is 0.00768 e. The van der Waals surface area contributed by atoms with E-state index in [2.05, 4.69) is 26.2 Å². The SMILES string of the molecule is [CH2]NCC(CC)CCCC. The molecule has 0 saturated heterocycles. The first-order chi connectivity index (χ1) is 4.85. The van der Waals surface area contributed by atoms with E-state index in [0.29, 0.717) is 0 Å². The first-order valence-corrected chi connectivity index (χ1v) is 4.35. The van der Waals surface area contributed by atoms with Gasteiger partial charge in [0, 0.05) is 7.05 Å². The van der Waals surface area contributed by atoms with Crippen molar-refractivity contribution in [2.75, 3.05) is 6.54 Å². The number of rotatable bonds is 6. The lowest BCUT2D eigenvalue weighted by Gasteiger charge is -2.12. The summed E-state index contributed by atoms with van der Waals surface area (Å²) in [6, 6.07) is 0. The van der Waals surface area contributed by atoms with Crippen LogP contribution in [0, 0.1) is 13.0 Å². The lowest BCUT2D eigenvalue weighted by Crippen LogP contribution is -2.16. The van der Waals surface area contributed by atoms with Crippen molar-refractivity contribution in [3.05, 3.63) is 7.05 Å². The van der Waals surface area contributed by atoms with Crippen molar-refractivity contribution in [1.29, 1.82) is 0 Å². The fourth-order valence-corrected chi connectivity index (χ4v) is 1.15. The van der Waals surface area contributed by atoms with Crippen molar-refractivity contribution < 1.29 is 0 Å². The second-order valence-electron chi connectivity index (χ2n) is 2.87. The van der Waals surface area contributed by atoms with Crippen molar-refractivity contribution in [3.63, 3.8) is 0 Å². The average Bonchev–Trinajstić information content (AvgIpc) is 1.98. The summed E-state index contributed by atoms with van der Waals surface area (Å²) >= 11 is 0. The van der Waals surface area contributed by atoms with Crippen molar-refractivity contribution in [2.45, 2.75) is 39.5 Å². The van der Waals surface area contributed by atoms with Gasteiger partial charge < -0.3 is 5.32 Å². The Bertz CT molecular complexity index is 61.7. The van der Waals surface area contributed by atoms with E-state index in [1.54, 1.807) is 0 Å². The molecule has 10 heavy (non-hydrogen) atoms. The fraction of sp³-hybridized carbons (Fsp3) is 0.889.